The van der Waals surface area contributed by atoms with Gasteiger partial charge in [-0.2, -0.15) is 0 Å². The summed E-state index contributed by atoms with van der Waals surface area (Å²) in [6.45, 7) is 0.615. The van der Waals surface area contributed by atoms with Crippen molar-refractivity contribution in [3.05, 3.63) is 35.9 Å². The fraction of sp³-hybridized carbons (Fsp3) is 0.333. The van der Waals surface area contributed by atoms with Gasteiger partial charge in [0.1, 0.15) is 0 Å². The number of benzene rings is 1. The summed E-state index contributed by atoms with van der Waals surface area (Å²) in [5, 5.41) is 7.96. The maximum Gasteiger partial charge on any atom is 0.167 e. The zero-order valence-electron chi connectivity index (χ0n) is 10.1. The molecule has 0 bridgehead atoms. The molecule has 18 heavy (non-hydrogen) atoms. The topological polar surface area (TPSA) is 66.0 Å². The van der Waals surface area contributed by atoms with E-state index >= 15 is 0 Å². The third-order valence-corrected chi connectivity index (χ3v) is 2.58. The first-order chi connectivity index (χ1) is 8.74. The van der Waals surface area contributed by atoms with Crippen LogP contribution in [0.5, 0.6) is 5.75 Å². The van der Waals surface area contributed by atoms with Crippen LogP contribution < -0.4 is 10.5 Å². The van der Waals surface area contributed by atoms with E-state index in [0.717, 1.165) is 18.5 Å². The second-order valence-corrected chi connectivity index (χ2v) is 3.87. The van der Waals surface area contributed by atoms with Gasteiger partial charge in [-0.15, -0.1) is 5.10 Å². The summed E-state index contributed by atoms with van der Waals surface area (Å²) in [6, 6.07) is 4.65. The highest BCUT2D eigenvalue weighted by molar-refractivity contribution is 5.38. The van der Waals surface area contributed by atoms with Crippen LogP contribution in [0.3, 0.4) is 0 Å². The molecule has 1 aromatic carbocycles. The standard InChI is InChI=1S/C12H15FN4O/c1-18-12-5-4-10(7-11(12)13)17-8-9(15-16-17)3-2-6-14/h4-5,7-8H,2-3,6,14H2,1H3. The highest BCUT2D eigenvalue weighted by Crippen LogP contribution is 2.19. The highest BCUT2D eigenvalue weighted by atomic mass is 19.1. The first-order valence-electron chi connectivity index (χ1n) is 5.70. The molecule has 0 aliphatic heterocycles. The van der Waals surface area contributed by atoms with Crippen LogP contribution in [0.4, 0.5) is 4.39 Å². The van der Waals surface area contributed by atoms with Crippen molar-refractivity contribution < 1.29 is 9.13 Å². The molecule has 1 heterocycles. The van der Waals surface area contributed by atoms with Gasteiger partial charge in [-0.05, 0) is 31.5 Å². The Hall–Kier alpha value is -1.95. The number of aromatic nitrogens is 3. The van der Waals surface area contributed by atoms with E-state index < -0.39 is 5.82 Å². The predicted molar refractivity (Wildman–Crippen MR) is 65.2 cm³/mol. The summed E-state index contributed by atoms with van der Waals surface area (Å²) in [4.78, 5) is 0. The largest absolute Gasteiger partial charge is 0.494 e. The molecule has 0 aliphatic rings. The summed E-state index contributed by atoms with van der Waals surface area (Å²) in [7, 11) is 1.43. The van der Waals surface area contributed by atoms with E-state index in [-0.39, 0.29) is 5.75 Å². The minimum absolute atomic E-state index is 0.210. The van der Waals surface area contributed by atoms with Crippen molar-refractivity contribution in [3.63, 3.8) is 0 Å². The predicted octanol–water partition coefficient (Wildman–Crippen LogP) is 1.31. The van der Waals surface area contributed by atoms with Crippen molar-refractivity contribution in [2.75, 3.05) is 13.7 Å². The number of rotatable bonds is 5. The Balaban J connectivity index is 2.20. The highest BCUT2D eigenvalue weighted by Gasteiger charge is 2.07. The lowest BCUT2D eigenvalue weighted by Gasteiger charge is -2.04. The normalized spacial score (nSPS) is 10.6. The molecule has 6 heteroatoms. The number of hydrogen-bond donors (Lipinski definition) is 1. The van der Waals surface area contributed by atoms with E-state index in [4.69, 9.17) is 10.5 Å². The number of ether oxygens (including phenoxy) is 1. The molecule has 0 fully saturated rings. The van der Waals surface area contributed by atoms with Crippen molar-refractivity contribution in [1.29, 1.82) is 0 Å². The number of halogens is 1. The van der Waals surface area contributed by atoms with Crippen molar-refractivity contribution >= 4 is 0 Å². The average molecular weight is 250 g/mol. The molecule has 1 aromatic heterocycles. The van der Waals surface area contributed by atoms with Crippen molar-refractivity contribution in [3.8, 4) is 11.4 Å². The molecular formula is C12H15FN4O. The molecule has 0 amide bonds. The van der Waals surface area contributed by atoms with Crippen LogP contribution in [0.15, 0.2) is 24.4 Å². The number of nitrogens with zero attached hydrogens (tertiary/aromatic N) is 3. The van der Waals surface area contributed by atoms with Crippen LogP contribution in [0, 0.1) is 5.82 Å². The molecule has 2 N–H and O–H groups in total. The van der Waals surface area contributed by atoms with Crippen LogP contribution in [0.1, 0.15) is 12.1 Å². The third kappa shape index (κ3) is 2.65. The molecule has 0 radical (unpaired) electrons. The van der Waals surface area contributed by atoms with Gasteiger partial charge in [-0.1, -0.05) is 5.21 Å². The molecule has 2 rings (SSSR count). The van der Waals surface area contributed by atoms with Crippen LogP contribution in [0.25, 0.3) is 5.69 Å². The molecular weight excluding hydrogens is 235 g/mol. The summed E-state index contributed by atoms with van der Waals surface area (Å²) in [6.07, 6.45) is 3.40. The lowest BCUT2D eigenvalue weighted by atomic mass is 10.2. The zero-order chi connectivity index (χ0) is 13.0. The maximum atomic E-state index is 13.5. The minimum Gasteiger partial charge on any atom is -0.494 e. The monoisotopic (exact) mass is 250 g/mol. The molecule has 0 spiro atoms. The summed E-state index contributed by atoms with van der Waals surface area (Å²) < 4.78 is 19.9. The molecule has 96 valence electrons. The molecule has 0 saturated carbocycles. The zero-order valence-corrected chi connectivity index (χ0v) is 10.1. The smallest absolute Gasteiger partial charge is 0.167 e. The Bertz CT molecular complexity index is 527. The van der Waals surface area contributed by atoms with Gasteiger partial charge >= 0.3 is 0 Å². The van der Waals surface area contributed by atoms with Gasteiger partial charge in [-0.3, -0.25) is 0 Å². The Morgan fingerprint density at radius 1 is 1.44 bits per heavy atom. The summed E-state index contributed by atoms with van der Waals surface area (Å²) in [5.41, 5.74) is 6.88. The second kappa shape index (κ2) is 5.59. The van der Waals surface area contributed by atoms with Gasteiger partial charge in [-0.25, -0.2) is 9.07 Å². The fourth-order valence-corrected chi connectivity index (χ4v) is 1.62. The molecule has 0 atom stereocenters. The molecule has 0 saturated heterocycles. The first kappa shape index (κ1) is 12.5. The van der Waals surface area contributed by atoms with Crippen molar-refractivity contribution in [1.82, 2.24) is 15.0 Å². The molecule has 0 aliphatic carbocycles. The summed E-state index contributed by atoms with van der Waals surface area (Å²) in [5.74, 6) is -0.212. The van der Waals surface area contributed by atoms with Crippen LogP contribution >= 0.6 is 0 Å². The van der Waals surface area contributed by atoms with E-state index in [1.807, 2.05) is 0 Å². The Morgan fingerprint density at radius 3 is 2.94 bits per heavy atom. The van der Waals surface area contributed by atoms with Gasteiger partial charge in [0, 0.05) is 6.07 Å². The van der Waals surface area contributed by atoms with Crippen molar-refractivity contribution in [2.45, 2.75) is 12.8 Å². The van der Waals surface area contributed by atoms with E-state index in [1.54, 1.807) is 18.3 Å². The second-order valence-electron chi connectivity index (χ2n) is 3.87. The van der Waals surface area contributed by atoms with Gasteiger partial charge < -0.3 is 10.5 Å². The fourth-order valence-electron chi connectivity index (χ4n) is 1.62. The first-order valence-corrected chi connectivity index (χ1v) is 5.70. The lowest BCUT2D eigenvalue weighted by Crippen LogP contribution is -2.00. The van der Waals surface area contributed by atoms with E-state index in [9.17, 15) is 4.39 Å². The van der Waals surface area contributed by atoms with Gasteiger partial charge in [0.05, 0.1) is 24.7 Å². The van der Waals surface area contributed by atoms with E-state index in [1.165, 1.54) is 17.9 Å². The van der Waals surface area contributed by atoms with Crippen LogP contribution in [-0.4, -0.2) is 28.6 Å². The lowest BCUT2D eigenvalue weighted by molar-refractivity contribution is 0.386. The summed E-state index contributed by atoms with van der Waals surface area (Å²) >= 11 is 0. The maximum absolute atomic E-state index is 13.5. The van der Waals surface area contributed by atoms with Crippen molar-refractivity contribution in [2.24, 2.45) is 5.73 Å². The Kier molecular flexibility index (Phi) is 3.88. The van der Waals surface area contributed by atoms with E-state index in [2.05, 4.69) is 10.3 Å². The van der Waals surface area contributed by atoms with Gasteiger partial charge in [0.2, 0.25) is 0 Å². The van der Waals surface area contributed by atoms with Gasteiger partial charge in [0.15, 0.2) is 11.6 Å². The number of methoxy groups -OCH3 is 1. The Morgan fingerprint density at radius 2 is 2.28 bits per heavy atom. The average Bonchev–Trinajstić information content (AvgIpc) is 2.85. The molecule has 2 aromatic rings. The quantitative estimate of drug-likeness (QED) is 0.868. The van der Waals surface area contributed by atoms with E-state index in [0.29, 0.717) is 12.2 Å². The minimum atomic E-state index is -0.422. The third-order valence-electron chi connectivity index (χ3n) is 2.58. The van der Waals surface area contributed by atoms with Crippen LogP contribution in [0.2, 0.25) is 0 Å². The number of nitrogens with two attached hydrogens (primary N) is 1. The number of aryl methyl sites for hydroxylation is 1. The number of hydrogen-bond acceptors (Lipinski definition) is 4. The van der Waals surface area contributed by atoms with Crippen LogP contribution in [-0.2, 0) is 6.42 Å². The SMILES string of the molecule is COc1ccc(-n2cc(CCCN)nn2)cc1F. The Labute approximate surface area is 104 Å². The molecule has 0 unspecified atom stereocenters. The van der Waals surface area contributed by atoms with Gasteiger partial charge in [0.25, 0.3) is 0 Å². The molecule has 5 nitrogen and oxygen atoms in total.